The average Bonchev–Trinajstić information content (AvgIpc) is 1.97. The summed E-state index contributed by atoms with van der Waals surface area (Å²) < 4.78 is 0.578. The van der Waals surface area contributed by atoms with Gasteiger partial charge in [-0.25, -0.2) is 4.79 Å². The summed E-state index contributed by atoms with van der Waals surface area (Å²) in [6, 6.07) is 3.18. The average molecular weight is 317 g/mol. The van der Waals surface area contributed by atoms with Crippen molar-refractivity contribution in [2.75, 3.05) is 0 Å². The molecule has 0 unspecified atom stereocenters. The minimum atomic E-state index is -1.06. The van der Waals surface area contributed by atoms with E-state index in [1.54, 1.807) is 12.1 Å². The van der Waals surface area contributed by atoms with E-state index in [1.165, 1.54) is 0 Å². The van der Waals surface area contributed by atoms with Gasteiger partial charge >= 0.3 is 5.97 Å². The van der Waals surface area contributed by atoms with E-state index in [0.29, 0.717) is 3.57 Å². The molecule has 0 aliphatic rings. The molecule has 64 valence electrons. The zero-order valence-electron chi connectivity index (χ0n) is 5.64. The summed E-state index contributed by atoms with van der Waals surface area (Å²) >= 11 is 13.2. The lowest BCUT2D eigenvalue weighted by Crippen LogP contribution is -2.00. The Labute approximate surface area is 92.6 Å². The number of benzene rings is 1. The van der Waals surface area contributed by atoms with E-state index in [-0.39, 0.29) is 15.6 Å². The Morgan fingerprint density at radius 2 is 2.00 bits per heavy atom. The maximum atomic E-state index is 10.6. The number of carbonyl (C=O) groups is 1. The Bertz CT molecular complexity index is 338. The highest BCUT2D eigenvalue weighted by molar-refractivity contribution is 14.1. The largest absolute Gasteiger partial charge is 0.478 e. The molecule has 0 fully saturated rings. The number of halogens is 3. The Balaban J connectivity index is 3.43. The van der Waals surface area contributed by atoms with Crippen molar-refractivity contribution in [2.24, 2.45) is 0 Å². The molecule has 12 heavy (non-hydrogen) atoms. The van der Waals surface area contributed by atoms with Gasteiger partial charge in [-0.3, -0.25) is 0 Å². The second-order valence-corrected chi connectivity index (χ2v) is 3.97. The van der Waals surface area contributed by atoms with Crippen LogP contribution >= 0.6 is 45.8 Å². The molecule has 0 amide bonds. The molecule has 0 bridgehead atoms. The van der Waals surface area contributed by atoms with Crippen molar-refractivity contribution in [1.29, 1.82) is 0 Å². The lowest BCUT2D eigenvalue weighted by atomic mass is 10.2. The number of hydrogen-bond donors (Lipinski definition) is 1. The zero-order valence-corrected chi connectivity index (χ0v) is 9.31. The quantitative estimate of drug-likeness (QED) is 0.637. The predicted molar refractivity (Wildman–Crippen MR) is 56.1 cm³/mol. The second kappa shape index (κ2) is 3.81. The first-order valence-corrected chi connectivity index (χ1v) is 4.74. The van der Waals surface area contributed by atoms with Gasteiger partial charge < -0.3 is 5.11 Å². The normalized spacial score (nSPS) is 9.92. The van der Waals surface area contributed by atoms with Gasteiger partial charge in [0.15, 0.2) is 0 Å². The van der Waals surface area contributed by atoms with Gasteiger partial charge in [-0.15, -0.1) is 0 Å². The predicted octanol–water partition coefficient (Wildman–Crippen LogP) is 3.30. The second-order valence-electron chi connectivity index (χ2n) is 2.02. The van der Waals surface area contributed by atoms with E-state index in [0.717, 1.165) is 0 Å². The van der Waals surface area contributed by atoms with Crippen molar-refractivity contribution in [1.82, 2.24) is 0 Å². The van der Waals surface area contributed by atoms with E-state index in [2.05, 4.69) is 0 Å². The van der Waals surface area contributed by atoms with Gasteiger partial charge in [-0.2, -0.15) is 0 Å². The Kier molecular flexibility index (Phi) is 3.20. The molecule has 0 saturated heterocycles. The molecule has 0 aliphatic carbocycles. The van der Waals surface area contributed by atoms with Gasteiger partial charge in [-0.1, -0.05) is 23.2 Å². The molecule has 0 aromatic heterocycles. The standard InChI is InChI=1S/C7H3Cl2IO2/c8-3-1-2-4(10)5(6(3)9)7(11)12/h1-2H,(H,11,12). The molecule has 0 atom stereocenters. The molecule has 0 saturated carbocycles. The third kappa shape index (κ3) is 1.84. The maximum Gasteiger partial charge on any atom is 0.338 e. The van der Waals surface area contributed by atoms with Crippen molar-refractivity contribution < 1.29 is 9.90 Å². The molecule has 0 spiro atoms. The van der Waals surface area contributed by atoms with Crippen molar-refractivity contribution in [3.8, 4) is 0 Å². The maximum absolute atomic E-state index is 10.6. The Hall–Kier alpha value is -0.000000000000000111. The summed E-state index contributed by atoms with van der Waals surface area (Å²) in [5.41, 5.74) is 0.0600. The number of carboxylic acid groups (broad SMARTS) is 1. The molecule has 1 aromatic carbocycles. The number of aromatic carboxylic acids is 1. The smallest absolute Gasteiger partial charge is 0.338 e. The third-order valence-corrected chi connectivity index (χ3v) is 2.96. The van der Waals surface area contributed by atoms with Gasteiger partial charge in [0.05, 0.1) is 15.6 Å². The topological polar surface area (TPSA) is 37.3 Å². The summed E-state index contributed by atoms with van der Waals surface area (Å²) in [5.74, 6) is -1.06. The summed E-state index contributed by atoms with van der Waals surface area (Å²) in [7, 11) is 0. The Morgan fingerprint density at radius 1 is 1.42 bits per heavy atom. The molecule has 2 nitrogen and oxygen atoms in total. The summed E-state index contributed by atoms with van der Waals surface area (Å²) in [4.78, 5) is 10.6. The molecule has 5 heteroatoms. The molecule has 1 aromatic rings. The van der Waals surface area contributed by atoms with Crippen molar-refractivity contribution >= 4 is 51.8 Å². The molecular formula is C7H3Cl2IO2. The van der Waals surface area contributed by atoms with Gasteiger partial charge in [0.2, 0.25) is 0 Å². The van der Waals surface area contributed by atoms with Crippen LogP contribution in [0.1, 0.15) is 10.4 Å². The van der Waals surface area contributed by atoms with Gasteiger partial charge in [0.25, 0.3) is 0 Å². The summed E-state index contributed by atoms with van der Waals surface area (Å²) in [6.07, 6.45) is 0. The van der Waals surface area contributed by atoms with E-state index in [1.807, 2.05) is 22.6 Å². The Morgan fingerprint density at radius 3 is 2.42 bits per heavy atom. The lowest BCUT2D eigenvalue weighted by molar-refractivity contribution is 0.0696. The SMILES string of the molecule is O=C(O)c1c(I)ccc(Cl)c1Cl. The number of hydrogen-bond acceptors (Lipinski definition) is 1. The van der Waals surface area contributed by atoms with Gasteiger partial charge in [0.1, 0.15) is 0 Å². The molecular weight excluding hydrogens is 314 g/mol. The zero-order chi connectivity index (χ0) is 9.30. The third-order valence-electron chi connectivity index (χ3n) is 1.26. The van der Waals surface area contributed by atoms with Crippen LogP contribution in [-0.4, -0.2) is 11.1 Å². The first-order valence-electron chi connectivity index (χ1n) is 2.91. The first-order chi connectivity index (χ1) is 5.54. The van der Waals surface area contributed by atoms with Crippen LogP contribution in [0.3, 0.4) is 0 Å². The van der Waals surface area contributed by atoms with Crippen molar-refractivity contribution in [2.45, 2.75) is 0 Å². The van der Waals surface area contributed by atoms with Gasteiger partial charge in [0, 0.05) is 3.57 Å². The number of rotatable bonds is 1. The fraction of sp³-hybridized carbons (Fsp3) is 0. The van der Waals surface area contributed by atoms with E-state index < -0.39 is 5.97 Å². The molecule has 0 radical (unpaired) electrons. The minimum Gasteiger partial charge on any atom is -0.478 e. The fourth-order valence-corrected chi connectivity index (χ4v) is 1.97. The minimum absolute atomic E-state index is 0.0600. The van der Waals surface area contributed by atoms with Gasteiger partial charge in [-0.05, 0) is 34.7 Å². The van der Waals surface area contributed by atoms with E-state index in [4.69, 9.17) is 28.3 Å². The highest BCUT2D eigenvalue weighted by Gasteiger charge is 2.15. The molecule has 1 rings (SSSR count). The van der Waals surface area contributed by atoms with Crippen molar-refractivity contribution in [3.63, 3.8) is 0 Å². The monoisotopic (exact) mass is 316 g/mol. The summed E-state index contributed by atoms with van der Waals surface area (Å²) in [6.45, 7) is 0. The van der Waals surface area contributed by atoms with Crippen molar-refractivity contribution in [3.05, 3.63) is 31.3 Å². The lowest BCUT2D eigenvalue weighted by Gasteiger charge is -2.02. The van der Waals surface area contributed by atoms with Crippen LogP contribution in [0.4, 0.5) is 0 Å². The summed E-state index contributed by atoms with van der Waals surface area (Å²) in [5, 5.41) is 9.08. The van der Waals surface area contributed by atoms with Crippen LogP contribution in [0.5, 0.6) is 0 Å². The molecule has 1 N–H and O–H groups in total. The van der Waals surface area contributed by atoms with Crippen LogP contribution < -0.4 is 0 Å². The van der Waals surface area contributed by atoms with Crippen LogP contribution in [0.2, 0.25) is 10.0 Å². The molecule has 0 heterocycles. The first kappa shape index (κ1) is 10.1. The van der Waals surface area contributed by atoms with E-state index >= 15 is 0 Å². The van der Waals surface area contributed by atoms with Crippen LogP contribution in [0.15, 0.2) is 12.1 Å². The van der Waals surface area contributed by atoms with Crippen LogP contribution in [0.25, 0.3) is 0 Å². The van der Waals surface area contributed by atoms with Crippen LogP contribution in [0, 0.1) is 3.57 Å². The number of carboxylic acids is 1. The highest BCUT2D eigenvalue weighted by Crippen LogP contribution is 2.29. The van der Waals surface area contributed by atoms with Crippen LogP contribution in [-0.2, 0) is 0 Å². The highest BCUT2D eigenvalue weighted by atomic mass is 127. The fourth-order valence-electron chi connectivity index (χ4n) is 0.723. The molecule has 0 aliphatic heterocycles. The van der Waals surface area contributed by atoms with E-state index in [9.17, 15) is 4.79 Å².